The summed E-state index contributed by atoms with van der Waals surface area (Å²) in [4.78, 5) is 36.0. The van der Waals surface area contributed by atoms with Crippen LogP contribution in [0.5, 0.6) is 0 Å². The molecule has 0 heterocycles. The molecule has 9 heteroatoms. The zero-order valence-electron chi connectivity index (χ0n) is 16.0. The van der Waals surface area contributed by atoms with Crippen LogP contribution in [0.1, 0.15) is 18.1 Å². The molecule has 0 saturated heterocycles. The summed E-state index contributed by atoms with van der Waals surface area (Å²) in [5.41, 5.74) is 7.55. The number of anilines is 2. The zero-order chi connectivity index (χ0) is 21.6. The number of nitrogens with one attached hydrogen (secondary N) is 4. The van der Waals surface area contributed by atoms with E-state index in [0.717, 1.165) is 5.56 Å². The van der Waals surface area contributed by atoms with Crippen LogP contribution in [0.3, 0.4) is 0 Å². The number of carbonyl (C=O) groups is 3. The molecular formula is C20H20Cl2N4O3. The number of rotatable bonds is 5. The summed E-state index contributed by atoms with van der Waals surface area (Å²) in [6.45, 7) is 5.14. The standard InChI is InChI=1S/C20H20Cl2N4O3/c1-11-7-8-14(10-16(11)22)23-18(27)9-12(2)25-26-20(29)19(28)24-17-6-4-5-15(21)13(17)3/h4-10,25H,1-3H3,(H,23,27)(H,24,28)(H,26,29). The molecule has 7 nitrogen and oxygen atoms in total. The van der Waals surface area contributed by atoms with E-state index in [-0.39, 0.29) is 0 Å². The van der Waals surface area contributed by atoms with Gasteiger partial charge in [-0.15, -0.1) is 0 Å². The lowest BCUT2D eigenvalue weighted by Gasteiger charge is -2.11. The molecule has 0 aliphatic carbocycles. The molecule has 2 aromatic carbocycles. The van der Waals surface area contributed by atoms with E-state index < -0.39 is 17.7 Å². The van der Waals surface area contributed by atoms with Gasteiger partial charge in [0, 0.05) is 33.2 Å². The van der Waals surface area contributed by atoms with Gasteiger partial charge in [0.05, 0.1) is 0 Å². The molecule has 0 bridgehead atoms. The molecule has 0 saturated carbocycles. The van der Waals surface area contributed by atoms with Crippen LogP contribution in [0.25, 0.3) is 0 Å². The van der Waals surface area contributed by atoms with Gasteiger partial charge in [0.15, 0.2) is 0 Å². The molecule has 0 radical (unpaired) electrons. The number of hydrogen-bond donors (Lipinski definition) is 4. The highest BCUT2D eigenvalue weighted by Crippen LogP contribution is 2.22. The van der Waals surface area contributed by atoms with E-state index in [1.807, 2.05) is 6.92 Å². The molecule has 0 aromatic heterocycles. The number of carbonyl (C=O) groups excluding carboxylic acids is 3. The van der Waals surface area contributed by atoms with Gasteiger partial charge in [-0.2, -0.15) is 0 Å². The molecule has 152 valence electrons. The Balaban J connectivity index is 1.87. The summed E-state index contributed by atoms with van der Waals surface area (Å²) in [5, 5.41) is 6.13. The van der Waals surface area contributed by atoms with Crippen molar-refractivity contribution in [2.75, 3.05) is 10.6 Å². The first-order valence-corrected chi connectivity index (χ1v) is 9.31. The van der Waals surface area contributed by atoms with E-state index in [0.29, 0.717) is 32.7 Å². The SMILES string of the molecule is CC(=CC(=O)Nc1ccc(C)c(Cl)c1)NNC(=O)C(=O)Nc1cccc(Cl)c1C. The van der Waals surface area contributed by atoms with Crippen LogP contribution < -0.4 is 21.5 Å². The Morgan fingerprint density at radius 1 is 0.897 bits per heavy atom. The predicted octanol–water partition coefficient (Wildman–Crippen LogP) is 3.71. The van der Waals surface area contributed by atoms with Crippen LogP contribution >= 0.6 is 23.2 Å². The van der Waals surface area contributed by atoms with Gasteiger partial charge in [-0.1, -0.05) is 35.3 Å². The van der Waals surface area contributed by atoms with E-state index >= 15 is 0 Å². The average molecular weight is 435 g/mol. The minimum atomic E-state index is -0.928. The molecule has 29 heavy (non-hydrogen) atoms. The number of allylic oxidation sites excluding steroid dienone is 1. The third-order valence-electron chi connectivity index (χ3n) is 3.88. The zero-order valence-corrected chi connectivity index (χ0v) is 17.5. The van der Waals surface area contributed by atoms with Crippen molar-refractivity contribution in [1.29, 1.82) is 0 Å². The van der Waals surface area contributed by atoms with Crippen molar-refractivity contribution in [1.82, 2.24) is 10.9 Å². The highest BCUT2D eigenvalue weighted by Gasteiger charge is 2.15. The monoisotopic (exact) mass is 434 g/mol. The van der Waals surface area contributed by atoms with Crippen LogP contribution in [0.15, 0.2) is 48.2 Å². The Morgan fingerprint density at radius 3 is 2.31 bits per heavy atom. The fourth-order valence-electron chi connectivity index (χ4n) is 2.22. The van der Waals surface area contributed by atoms with E-state index in [1.165, 1.54) is 6.08 Å². The van der Waals surface area contributed by atoms with Gasteiger partial charge in [-0.05, 0) is 56.2 Å². The maximum absolute atomic E-state index is 12.0. The van der Waals surface area contributed by atoms with Crippen LogP contribution in [0.4, 0.5) is 11.4 Å². The average Bonchev–Trinajstić information content (AvgIpc) is 2.66. The van der Waals surface area contributed by atoms with Gasteiger partial charge in [-0.3, -0.25) is 19.8 Å². The van der Waals surface area contributed by atoms with Crippen molar-refractivity contribution in [3.63, 3.8) is 0 Å². The molecule has 2 rings (SSSR count). The molecule has 0 fully saturated rings. The minimum absolute atomic E-state index is 0.320. The predicted molar refractivity (Wildman–Crippen MR) is 115 cm³/mol. The highest BCUT2D eigenvalue weighted by molar-refractivity contribution is 6.40. The topological polar surface area (TPSA) is 99.3 Å². The first-order valence-electron chi connectivity index (χ1n) is 8.55. The van der Waals surface area contributed by atoms with Crippen molar-refractivity contribution in [3.05, 3.63) is 69.3 Å². The van der Waals surface area contributed by atoms with Crippen molar-refractivity contribution in [2.45, 2.75) is 20.8 Å². The smallest absolute Gasteiger partial charge is 0.322 e. The molecule has 0 aliphatic rings. The fraction of sp³-hybridized carbons (Fsp3) is 0.150. The van der Waals surface area contributed by atoms with Gasteiger partial charge in [0.1, 0.15) is 0 Å². The normalized spacial score (nSPS) is 10.9. The van der Waals surface area contributed by atoms with Crippen LogP contribution in [0.2, 0.25) is 10.0 Å². The molecule has 0 spiro atoms. The lowest BCUT2D eigenvalue weighted by atomic mass is 10.2. The summed E-state index contributed by atoms with van der Waals surface area (Å²) in [5.74, 6) is -2.24. The first-order chi connectivity index (χ1) is 13.7. The Bertz CT molecular complexity index is 990. The van der Waals surface area contributed by atoms with E-state index in [1.54, 1.807) is 50.2 Å². The van der Waals surface area contributed by atoms with Gasteiger partial charge in [0.25, 0.3) is 0 Å². The second-order valence-corrected chi connectivity index (χ2v) is 7.04. The van der Waals surface area contributed by atoms with Crippen molar-refractivity contribution in [2.24, 2.45) is 0 Å². The van der Waals surface area contributed by atoms with Gasteiger partial charge in [-0.25, -0.2) is 0 Å². The molecular weight excluding hydrogens is 415 g/mol. The fourth-order valence-corrected chi connectivity index (χ4v) is 2.57. The first kappa shape index (κ1) is 22.3. The van der Waals surface area contributed by atoms with Crippen LogP contribution in [0, 0.1) is 13.8 Å². The van der Waals surface area contributed by atoms with E-state index in [4.69, 9.17) is 23.2 Å². The van der Waals surface area contributed by atoms with Crippen molar-refractivity contribution in [3.8, 4) is 0 Å². The number of hydrazine groups is 1. The highest BCUT2D eigenvalue weighted by atomic mass is 35.5. The maximum atomic E-state index is 12.0. The lowest BCUT2D eigenvalue weighted by Crippen LogP contribution is -2.43. The third kappa shape index (κ3) is 6.51. The molecule has 2 aromatic rings. The van der Waals surface area contributed by atoms with Crippen LogP contribution in [-0.2, 0) is 14.4 Å². The maximum Gasteiger partial charge on any atom is 0.327 e. The molecule has 4 N–H and O–H groups in total. The Kier molecular flexibility index (Phi) is 7.64. The molecule has 0 unspecified atom stereocenters. The number of halogens is 2. The second-order valence-electron chi connectivity index (χ2n) is 6.23. The Labute approximate surface area is 178 Å². The molecule has 0 aliphatic heterocycles. The summed E-state index contributed by atoms with van der Waals surface area (Å²) in [7, 11) is 0. The number of hydrogen-bond acceptors (Lipinski definition) is 4. The van der Waals surface area contributed by atoms with Crippen molar-refractivity contribution >= 4 is 52.3 Å². The summed E-state index contributed by atoms with van der Waals surface area (Å²) < 4.78 is 0. The van der Waals surface area contributed by atoms with Gasteiger partial charge in [0.2, 0.25) is 5.91 Å². The lowest BCUT2D eigenvalue weighted by molar-refractivity contribution is -0.136. The third-order valence-corrected chi connectivity index (χ3v) is 4.70. The number of benzene rings is 2. The molecule has 3 amide bonds. The Morgan fingerprint density at radius 2 is 1.62 bits per heavy atom. The van der Waals surface area contributed by atoms with E-state index in [2.05, 4.69) is 21.5 Å². The van der Waals surface area contributed by atoms with Crippen molar-refractivity contribution < 1.29 is 14.4 Å². The Hall–Kier alpha value is -3.03. The van der Waals surface area contributed by atoms with Gasteiger partial charge >= 0.3 is 11.8 Å². The minimum Gasteiger partial charge on any atom is -0.322 e. The second kappa shape index (κ2) is 9.95. The molecule has 0 atom stereocenters. The van der Waals surface area contributed by atoms with E-state index in [9.17, 15) is 14.4 Å². The van der Waals surface area contributed by atoms with Gasteiger partial charge < -0.3 is 16.1 Å². The summed E-state index contributed by atoms with van der Waals surface area (Å²) in [6, 6.07) is 10.1. The van der Waals surface area contributed by atoms with Crippen LogP contribution in [-0.4, -0.2) is 17.7 Å². The summed E-state index contributed by atoms with van der Waals surface area (Å²) in [6.07, 6.45) is 1.23. The largest absolute Gasteiger partial charge is 0.327 e. The number of amides is 3. The summed E-state index contributed by atoms with van der Waals surface area (Å²) >= 11 is 12.0. The number of aryl methyl sites for hydroxylation is 1. The quantitative estimate of drug-likeness (QED) is 0.327.